The van der Waals surface area contributed by atoms with Gasteiger partial charge < -0.3 is 4.74 Å². The van der Waals surface area contributed by atoms with Gasteiger partial charge in [-0.3, -0.25) is 0 Å². The highest BCUT2D eigenvalue weighted by atomic mass is 35.5. The molecule has 0 bridgehead atoms. The maximum absolute atomic E-state index is 12.8. The summed E-state index contributed by atoms with van der Waals surface area (Å²) in [4.78, 5) is 0.153. The van der Waals surface area contributed by atoms with E-state index < -0.39 is 10.0 Å². The number of hydrogen-bond donors (Lipinski definition) is 0. The van der Waals surface area contributed by atoms with Gasteiger partial charge in [0.2, 0.25) is 10.0 Å². The number of benzene rings is 1. The van der Waals surface area contributed by atoms with Crippen molar-refractivity contribution in [3.05, 3.63) is 34.4 Å². The lowest BCUT2D eigenvalue weighted by atomic mass is 10.1. The molecule has 1 heterocycles. The van der Waals surface area contributed by atoms with Crippen molar-refractivity contribution in [2.75, 3.05) is 20.2 Å². The van der Waals surface area contributed by atoms with Gasteiger partial charge in [-0.05, 0) is 43.9 Å². The van der Waals surface area contributed by atoms with Crippen LogP contribution in [0.2, 0.25) is 5.02 Å². The monoisotopic (exact) mass is 327 g/mol. The van der Waals surface area contributed by atoms with E-state index in [2.05, 4.69) is 0 Å². The van der Waals surface area contributed by atoms with Gasteiger partial charge in [-0.2, -0.15) is 4.31 Å². The molecule has 0 spiro atoms. The highest BCUT2D eigenvalue weighted by Crippen LogP contribution is 2.37. The maximum Gasteiger partial charge on any atom is 0.246 e. The molecule has 0 radical (unpaired) electrons. The molecule has 2 fully saturated rings. The predicted molar refractivity (Wildman–Crippen MR) is 82.3 cm³/mol. The molecule has 0 N–H and O–H groups in total. The summed E-state index contributed by atoms with van der Waals surface area (Å²) < 4.78 is 32.3. The Hall–Kier alpha value is -1.04. The molecule has 2 aliphatic rings. The zero-order chi connectivity index (χ0) is 15.0. The van der Waals surface area contributed by atoms with Gasteiger partial charge in [0.05, 0.1) is 7.11 Å². The van der Waals surface area contributed by atoms with Crippen LogP contribution in [0.25, 0.3) is 0 Å². The van der Waals surface area contributed by atoms with E-state index >= 15 is 0 Å². The third-order valence-electron chi connectivity index (χ3n) is 4.07. The van der Waals surface area contributed by atoms with Crippen LogP contribution in [0.1, 0.15) is 25.7 Å². The first-order valence-corrected chi connectivity index (χ1v) is 8.87. The van der Waals surface area contributed by atoms with Crippen LogP contribution in [0.4, 0.5) is 0 Å². The minimum absolute atomic E-state index is 0.153. The van der Waals surface area contributed by atoms with E-state index in [0.717, 1.165) is 12.8 Å². The van der Waals surface area contributed by atoms with Crippen LogP contribution >= 0.6 is 11.6 Å². The molecule has 114 valence electrons. The van der Waals surface area contributed by atoms with Crippen LogP contribution < -0.4 is 4.74 Å². The summed E-state index contributed by atoms with van der Waals surface area (Å²) in [5.41, 5.74) is 2.99. The molecule has 0 aromatic heterocycles. The lowest BCUT2D eigenvalue weighted by Gasteiger charge is -2.28. The SMILES string of the molecule is COc1ccc(Cl)cc1S(=O)(=O)N1CCC(=C2CC2)CC1. The van der Waals surface area contributed by atoms with Crippen molar-refractivity contribution in [1.29, 1.82) is 0 Å². The molecule has 0 amide bonds. The van der Waals surface area contributed by atoms with Crippen molar-refractivity contribution in [1.82, 2.24) is 4.31 Å². The topological polar surface area (TPSA) is 46.6 Å². The second-order valence-corrected chi connectivity index (χ2v) is 7.75. The molecule has 1 aliphatic heterocycles. The van der Waals surface area contributed by atoms with E-state index in [-0.39, 0.29) is 4.90 Å². The Kier molecular flexibility index (Phi) is 3.99. The number of hydrogen-bond acceptors (Lipinski definition) is 3. The lowest BCUT2D eigenvalue weighted by Crippen LogP contribution is -2.36. The third kappa shape index (κ3) is 2.96. The Morgan fingerprint density at radius 1 is 1.10 bits per heavy atom. The summed E-state index contributed by atoms with van der Waals surface area (Å²) in [6, 6.07) is 4.69. The van der Waals surface area contributed by atoms with Crippen LogP contribution in [0, 0.1) is 0 Å². The fourth-order valence-electron chi connectivity index (χ4n) is 2.76. The molecule has 3 rings (SSSR count). The standard InChI is InChI=1S/C15H18ClNO3S/c1-20-14-5-4-13(16)10-15(14)21(18,19)17-8-6-12(7-9-17)11-2-3-11/h4-5,10H,2-3,6-9H2,1H3. The van der Waals surface area contributed by atoms with Gasteiger partial charge in [-0.25, -0.2) is 8.42 Å². The van der Waals surface area contributed by atoms with Crippen molar-refractivity contribution in [3.8, 4) is 5.75 Å². The van der Waals surface area contributed by atoms with E-state index in [0.29, 0.717) is 23.9 Å². The summed E-state index contributed by atoms with van der Waals surface area (Å²) in [6.07, 6.45) is 4.09. The number of piperidine rings is 1. The molecule has 21 heavy (non-hydrogen) atoms. The van der Waals surface area contributed by atoms with Gasteiger partial charge in [-0.15, -0.1) is 0 Å². The maximum atomic E-state index is 12.8. The summed E-state index contributed by atoms with van der Waals surface area (Å²) in [7, 11) is -2.09. The summed E-state index contributed by atoms with van der Waals surface area (Å²) in [5.74, 6) is 0.339. The molecular formula is C15H18ClNO3S. The van der Waals surface area contributed by atoms with E-state index in [4.69, 9.17) is 16.3 Å². The van der Waals surface area contributed by atoms with Gasteiger partial charge in [0.25, 0.3) is 0 Å². The quantitative estimate of drug-likeness (QED) is 0.801. The predicted octanol–water partition coefficient (Wildman–Crippen LogP) is 3.22. The second kappa shape index (κ2) is 5.63. The number of halogens is 1. The molecule has 0 unspecified atom stereocenters. The molecule has 1 aliphatic carbocycles. The average molecular weight is 328 g/mol. The van der Waals surface area contributed by atoms with Crippen molar-refractivity contribution in [2.24, 2.45) is 0 Å². The van der Waals surface area contributed by atoms with Crippen molar-refractivity contribution in [2.45, 2.75) is 30.6 Å². The van der Waals surface area contributed by atoms with Crippen molar-refractivity contribution in [3.63, 3.8) is 0 Å². The van der Waals surface area contributed by atoms with Crippen LogP contribution in [-0.4, -0.2) is 32.9 Å². The number of sulfonamides is 1. The summed E-state index contributed by atoms with van der Waals surface area (Å²) in [6.45, 7) is 1.08. The molecule has 1 aromatic carbocycles. The highest BCUT2D eigenvalue weighted by molar-refractivity contribution is 7.89. The zero-order valence-corrected chi connectivity index (χ0v) is 13.5. The Balaban J connectivity index is 1.87. The van der Waals surface area contributed by atoms with Gasteiger partial charge in [0, 0.05) is 18.1 Å². The Bertz CT molecular complexity index is 681. The Labute approximate surface area is 130 Å². The van der Waals surface area contributed by atoms with Crippen molar-refractivity contribution >= 4 is 21.6 Å². The zero-order valence-electron chi connectivity index (χ0n) is 11.9. The molecule has 1 saturated heterocycles. The number of ether oxygens (including phenoxy) is 1. The number of rotatable bonds is 3. The van der Waals surface area contributed by atoms with Crippen molar-refractivity contribution < 1.29 is 13.2 Å². The third-order valence-corrected chi connectivity index (χ3v) is 6.22. The average Bonchev–Trinajstić information content (AvgIpc) is 3.32. The van der Waals surface area contributed by atoms with Crippen LogP contribution in [0.15, 0.2) is 34.2 Å². The van der Waals surface area contributed by atoms with Gasteiger partial charge in [-0.1, -0.05) is 22.7 Å². The minimum Gasteiger partial charge on any atom is -0.495 e. The number of nitrogens with zero attached hydrogens (tertiary/aromatic N) is 1. The first-order valence-electron chi connectivity index (χ1n) is 7.06. The van der Waals surface area contributed by atoms with Gasteiger partial charge in [0.1, 0.15) is 10.6 Å². The van der Waals surface area contributed by atoms with E-state index in [1.54, 1.807) is 12.1 Å². The molecule has 0 atom stereocenters. The molecule has 1 aromatic rings. The minimum atomic E-state index is -3.55. The molecule has 4 nitrogen and oxygen atoms in total. The Morgan fingerprint density at radius 3 is 2.29 bits per heavy atom. The Morgan fingerprint density at radius 2 is 1.71 bits per heavy atom. The molecule has 1 saturated carbocycles. The summed E-state index contributed by atoms with van der Waals surface area (Å²) in [5, 5.41) is 0.396. The van der Waals surface area contributed by atoms with Crippen LogP contribution in [0.5, 0.6) is 5.75 Å². The van der Waals surface area contributed by atoms with Gasteiger partial charge in [0.15, 0.2) is 0 Å². The number of allylic oxidation sites excluding steroid dienone is 1. The second-order valence-electron chi connectivity index (χ2n) is 5.41. The van der Waals surface area contributed by atoms with Crippen LogP contribution in [0.3, 0.4) is 0 Å². The fraction of sp³-hybridized carbons (Fsp3) is 0.467. The first kappa shape index (κ1) is 14.9. The van der Waals surface area contributed by atoms with E-state index in [1.165, 1.54) is 41.5 Å². The lowest BCUT2D eigenvalue weighted by molar-refractivity contribution is 0.375. The number of methoxy groups -OCH3 is 1. The van der Waals surface area contributed by atoms with Gasteiger partial charge >= 0.3 is 0 Å². The highest BCUT2D eigenvalue weighted by Gasteiger charge is 2.31. The van der Waals surface area contributed by atoms with E-state index in [9.17, 15) is 8.42 Å². The molecular weight excluding hydrogens is 310 g/mol. The first-order chi connectivity index (χ1) is 10.0. The normalized spacial score (nSPS) is 19.7. The van der Waals surface area contributed by atoms with Crippen LogP contribution in [-0.2, 0) is 10.0 Å². The molecule has 6 heteroatoms. The summed E-state index contributed by atoms with van der Waals surface area (Å²) >= 11 is 5.95. The smallest absolute Gasteiger partial charge is 0.246 e. The van der Waals surface area contributed by atoms with E-state index in [1.807, 2.05) is 0 Å². The fourth-order valence-corrected chi connectivity index (χ4v) is 4.62. The largest absolute Gasteiger partial charge is 0.495 e.